The van der Waals surface area contributed by atoms with Gasteiger partial charge in [0.15, 0.2) is 0 Å². The van der Waals surface area contributed by atoms with E-state index in [1.54, 1.807) is 11.3 Å². The van der Waals surface area contributed by atoms with Gasteiger partial charge in [-0.05, 0) is 60.4 Å². The Morgan fingerprint density at radius 2 is 2.12 bits per heavy atom. The summed E-state index contributed by atoms with van der Waals surface area (Å²) in [5, 5.41) is 26.5. The Morgan fingerprint density at radius 3 is 2.81 bits per heavy atom. The van der Waals surface area contributed by atoms with Crippen molar-refractivity contribution in [1.82, 2.24) is 20.8 Å². The van der Waals surface area contributed by atoms with Crippen LogP contribution in [0.15, 0.2) is 41.9 Å². The lowest BCUT2D eigenvalue weighted by Gasteiger charge is -2.38. The highest BCUT2D eigenvalue weighted by Gasteiger charge is 2.38. The van der Waals surface area contributed by atoms with Crippen molar-refractivity contribution in [2.24, 2.45) is 0 Å². The second kappa shape index (κ2) is 9.48. The number of nitrogens with zero attached hydrogens (tertiary/aromatic N) is 1. The SMILES string of the molecule is CC(=O)NC(Cc1cc(F)cc(F)c1)C(O)CNC1(c2cccs2)CCc2n[nH]cc2C1. The maximum atomic E-state index is 13.6. The van der Waals surface area contributed by atoms with E-state index in [0.717, 1.165) is 36.6 Å². The number of H-pyrrole nitrogens is 1. The van der Waals surface area contributed by atoms with Gasteiger partial charge in [0, 0.05) is 30.6 Å². The molecule has 0 bridgehead atoms. The molecule has 1 aliphatic carbocycles. The number of aromatic amines is 1. The number of aliphatic hydroxyl groups excluding tert-OH is 1. The highest BCUT2D eigenvalue weighted by Crippen LogP contribution is 2.38. The van der Waals surface area contributed by atoms with Gasteiger partial charge in [-0.25, -0.2) is 8.78 Å². The van der Waals surface area contributed by atoms with Gasteiger partial charge in [-0.2, -0.15) is 5.10 Å². The smallest absolute Gasteiger partial charge is 0.217 e. The summed E-state index contributed by atoms with van der Waals surface area (Å²) in [4.78, 5) is 12.9. The number of thiophene rings is 1. The first-order valence-electron chi connectivity index (χ1n) is 10.6. The van der Waals surface area contributed by atoms with E-state index in [0.29, 0.717) is 5.56 Å². The lowest BCUT2D eigenvalue weighted by molar-refractivity contribution is -0.120. The van der Waals surface area contributed by atoms with Crippen molar-refractivity contribution < 1.29 is 18.7 Å². The number of hydrogen-bond donors (Lipinski definition) is 4. The van der Waals surface area contributed by atoms with Crippen LogP contribution in [-0.4, -0.2) is 39.9 Å². The summed E-state index contributed by atoms with van der Waals surface area (Å²) >= 11 is 1.65. The molecule has 6 nitrogen and oxygen atoms in total. The van der Waals surface area contributed by atoms with Crippen LogP contribution in [0.4, 0.5) is 8.78 Å². The van der Waals surface area contributed by atoms with E-state index in [2.05, 4.69) is 26.9 Å². The number of benzene rings is 1. The monoisotopic (exact) mass is 460 g/mol. The molecule has 1 amide bonds. The Hall–Kier alpha value is -2.62. The maximum Gasteiger partial charge on any atom is 0.217 e. The molecule has 0 aliphatic heterocycles. The molecule has 0 radical (unpaired) electrons. The first-order valence-corrected chi connectivity index (χ1v) is 11.4. The first kappa shape index (κ1) is 22.6. The number of aryl methyl sites for hydroxylation is 1. The molecule has 1 aliphatic rings. The summed E-state index contributed by atoms with van der Waals surface area (Å²) in [6.07, 6.45) is 3.40. The Kier molecular flexibility index (Phi) is 6.68. The van der Waals surface area contributed by atoms with Crippen LogP contribution in [0.25, 0.3) is 0 Å². The minimum Gasteiger partial charge on any atom is -0.390 e. The predicted octanol–water partition coefficient (Wildman–Crippen LogP) is 2.83. The predicted molar refractivity (Wildman–Crippen MR) is 118 cm³/mol. The molecule has 9 heteroatoms. The Morgan fingerprint density at radius 1 is 1.34 bits per heavy atom. The van der Waals surface area contributed by atoms with E-state index in [1.165, 1.54) is 23.9 Å². The number of carbonyl (C=O) groups is 1. The summed E-state index contributed by atoms with van der Waals surface area (Å²) in [7, 11) is 0. The quantitative estimate of drug-likeness (QED) is 0.416. The van der Waals surface area contributed by atoms with Crippen molar-refractivity contribution >= 4 is 17.2 Å². The Balaban J connectivity index is 1.51. The van der Waals surface area contributed by atoms with Crippen LogP contribution in [0, 0.1) is 11.6 Å². The molecule has 2 heterocycles. The average Bonchev–Trinajstić information content (AvgIpc) is 3.42. The highest BCUT2D eigenvalue weighted by atomic mass is 32.1. The number of rotatable bonds is 8. The Bertz CT molecular complexity index is 1050. The number of halogens is 2. The fraction of sp³-hybridized carbons (Fsp3) is 0.391. The van der Waals surface area contributed by atoms with Crippen LogP contribution >= 0.6 is 11.3 Å². The molecule has 32 heavy (non-hydrogen) atoms. The second-order valence-corrected chi connectivity index (χ2v) is 9.28. The number of aromatic nitrogens is 2. The van der Waals surface area contributed by atoms with Crippen LogP contribution < -0.4 is 10.6 Å². The average molecular weight is 461 g/mol. The summed E-state index contributed by atoms with van der Waals surface area (Å²) in [5.41, 5.74) is 2.20. The number of fused-ring (bicyclic) bond motifs is 1. The van der Waals surface area contributed by atoms with Gasteiger partial charge in [-0.1, -0.05) is 6.07 Å². The Labute approximate surface area is 189 Å². The van der Waals surface area contributed by atoms with Crippen molar-refractivity contribution in [3.8, 4) is 0 Å². The van der Waals surface area contributed by atoms with Gasteiger partial charge < -0.3 is 15.7 Å². The third kappa shape index (κ3) is 5.06. The van der Waals surface area contributed by atoms with Crippen LogP contribution in [-0.2, 0) is 29.6 Å². The van der Waals surface area contributed by atoms with Gasteiger partial charge in [-0.15, -0.1) is 11.3 Å². The van der Waals surface area contributed by atoms with Gasteiger partial charge in [0.05, 0.1) is 23.4 Å². The fourth-order valence-electron chi connectivity index (χ4n) is 4.43. The summed E-state index contributed by atoms with van der Waals surface area (Å²) in [6, 6.07) is 6.61. The standard InChI is InChI=1S/C23H26F2N4O2S/c1-14(30)28-20(9-15-7-17(24)10-18(25)8-15)21(31)13-26-23(22-3-2-6-32-22)5-4-19-16(11-23)12-27-29-19/h2-3,6-8,10,12,20-21,26,31H,4-5,9,11,13H2,1H3,(H,27,29)(H,28,30). The molecular formula is C23H26F2N4O2S. The topological polar surface area (TPSA) is 90.0 Å². The fourth-order valence-corrected chi connectivity index (χ4v) is 5.36. The largest absolute Gasteiger partial charge is 0.390 e. The number of aliphatic hydroxyl groups is 1. The minimum absolute atomic E-state index is 0.106. The molecule has 3 aromatic rings. The van der Waals surface area contributed by atoms with Gasteiger partial charge in [-0.3, -0.25) is 9.89 Å². The third-order valence-corrected chi connectivity index (χ3v) is 7.04. The summed E-state index contributed by atoms with van der Waals surface area (Å²) < 4.78 is 27.3. The molecule has 0 fully saturated rings. The van der Waals surface area contributed by atoms with Crippen LogP contribution in [0.5, 0.6) is 0 Å². The first-order chi connectivity index (χ1) is 15.3. The molecule has 0 saturated carbocycles. The lowest BCUT2D eigenvalue weighted by Crippen LogP contribution is -2.54. The van der Waals surface area contributed by atoms with Crippen LogP contribution in [0.3, 0.4) is 0 Å². The molecule has 2 aromatic heterocycles. The summed E-state index contributed by atoms with van der Waals surface area (Å²) in [6.45, 7) is 1.56. The summed E-state index contributed by atoms with van der Waals surface area (Å²) in [5.74, 6) is -1.70. The second-order valence-electron chi connectivity index (χ2n) is 8.33. The normalized spacial score (nSPS) is 19.9. The van der Waals surface area contributed by atoms with Crippen molar-refractivity contribution in [1.29, 1.82) is 0 Å². The van der Waals surface area contributed by atoms with E-state index in [1.807, 2.05) is 17.6 Å². The van der Waals surface area contributed by atoms with E-state index < -0.39 is 23.8 Å². The van der Waals surface area contributed by atoms with Crippen LogP contribution in [0.2, 0.25) is 0 Å². The number of hydrogen-bond acceptors (Lipinski definition) is 5. The molecule has 3 atom stereocenters. The van der Waals surface area contributed by atoms with E-state index >= 15 is 0 Å². The molecule has 0 spiro atoms. The minimum atomic E-state index is -0.965. The van der Waals surface area contributed by atoms with E-state index in [4.69, 9.17) is 0 Å². The molecule has 4 N–H and O–H groups in total. The van der Waals surface area contributed by atoms with Gasteiger partial charge in [0.2, 0.25) is 5.91 Å². The molecular weight excluding hydrogens is 434 g/mol. The molecule has 170 valence electrons. The molecule has 4 rings (SSSR count). The number of carbonyl (C=O) groups excluding carboxylic acids is 1. The highest BCUT2D eigenvalue weighted by molar-refractivity contribution is 7.10. The zero-order valence-corrected chi connectivity index (χ0v) is 18.5. The van der Waals surface area contributed by atoms with Crippen molar-refractivity contribution in [2.75, 3.05) is 6.54 Å². The zero-order chi connectivity index (χ0) is 22.7. The van der Waals surface area contributed by atoms with Gasteiger partial charge >= 0.3 is 0 Å². The molecule has 0 saturated heterocycles. The van der Waals surface area contributed by atoms with Crippen molar-refractivity contribution in [3.05, 3.63) is 75.2 Å². The van der Waals surface area contributed by atoms with Crippen molar-refractivity contribution in [3.63, 3.8) is 0 Å². The lowest BCUT2D eigenvalue weighted by atomic mass is 9.79. The third-order valence-electron chi connectivity index (χ3n) is 5.96. The van der Waals surface area contributed by atoms with Gasteiger partial charge in [0.1, 0.15) is 11.6 Å². The maximum absolute atomic E-state index is 13.6. The molecule has 1 aromatic carbocycles. The molecule has 3 unspecified atom stereocenters. The van der Waals surface area contributed by atoms with Crippen LogP contribution in [0.1, 0.15) is 35.0 Å². The zero-order valence-electron chi connectivity index (χ0n) is 17.7. The van der Waals surface area contributed by atoms with Gasteiger partial charge in [0.25, 0.3) is 0 Å². The number of amides is 1. The van der Waals surface area contributed by atoms with Crippen molar-refractivity contribution in [2.45, 2.75) is 50.3 Å². The number of nitrogens with one attached hydrogen (secondary N) is 3. The van der Waals surface area contributed by atoms with E-state index in [9.17, 15) is 18.7 Å². The van der Waals surface area contributed by atoms with E-state index in [-0.39, 0.29) is 24.4 Å².